The minimum absolute atomic E-state index is 0.0817. The Kier molecular flexibility index (Phi) is 5.96. The van der Waals surface area contributed by atoms with E-state index in [0.717, 1.165) is 18.2 Å². The molecule has 0 N–H and O–H groups in total. The number of carbonyl (C=O) groups is 1. The molecule has 10 heteroatoms. The predicted molar refractivity (Wildman–Crippen MR) is 82.2 cm³/mol. The number of esters is 1. The molecule has 0 fully saturated rings. The Hall–Kier alpha value is -2.39. The monoisotopic (exact) mass is 398 g/mol. The van der Waals surface area contributed by atoms with Crippen LogP contribution in [0.15, 0.2) is 17.7 Å². The topological polar surface area (TPSA) is 44.8 Å². The Labute approximate surface area is 150 Å². The quantitative estimate of drug-likeness (QED) is 0.528. The molecule has 27 heavy (non-hydrogen) atoms. The summed E-state index contributed by atoms with van der Waals surface area (Å²) in [5.74, 6) is -2.11. The van der Waals surface area contributed by atoms with Crippen molar-refractivity contribution in [3.05, 3.63) is 28.8 Å². The third-order valence-corrected chi connectivity index (χ3v) is 3.58. The van der Waals surface area contributed by atoms with Crippen molar-refractivity contribution in [2.75, 3.05) is 6.61 Å². The van der Waals surface area contributed by atoms with Gasteiger partial charge in [0, 0.05) is 5.56 Å². The molecule has 1 aromatic rings. The van der Waals surface area contributed by atoms with E-state index in [1.165, 1.54) is 6.92 Å². The van der Waals surface area contributed by atoms with Crippen molar-refractivity contribution in [3.63, 3.8) is 0 Å². The molecule has 0 radical (unpaired) electrons. The molecule has 0 bridgehead atoms. The molecule has 1 heterocycles. The molecule has 0 saturated heterocycles. The van der Waals surface area contributed by atoms with Crippen LogP contribution in [0.1, 0.15) is 31.4 Å². The molecule has 0 aromatic heterocycles. The van der Waals surface area contributed by atoms with Crippen molar-refractivity contribution in [2.45, 2.75) is 45.3 Å². The first kappa shape index (κ1) is 20.9. The highest BCUT2D eigenvalue weighted by atomic mass is 19.4. The van der Waals surface area contributed by atoms with Crippen molar-refractivity contribution < 1.29 is 45.3 Å². The number of rotatable bonds is 5. The number of fused-ring (bicyclic) bond motifs is 1. The molecule has 1 aliphatic heterocycles. The predicted octanol–water partition coefficient (Wildman–Crippen LogP) is 4.81. The summed E-state index contributed by atoms with van der Waals surface area (Å²) in [7, 11) is 0. The third kappa shape index (κ3) is 5.08. The van der Waals surface area contributed by atoms with E-state index in [0.29, 0.717) is 6.42 Å². The van der Waals surface area contributed by atoms with Crippen LogP contribution in [0.25, 0.3) is 6.08 Å². The fraction of sp³-hybridized carbons (Fsp3) is 0.471. The average molecular weight is 398 g/mol. The molecule has 1 aromatic carbocycles. The van der Waals surface area contributed by atoms with Crippen molar-refractivity contribution in [3.8, 4) is 11.5 Å². The number of aryl methyl sites for hydroxylation is 1. The van der Waals surface area contributed by atoms with Gasteiger partial charge < -0.3 is 14.2 Å². The van der Waals surface area contributed by atoms with E-state index < -0.39 is 35.9 Å². The zero-order valence-corrected chi connectivity index (χ0v) is 14.3. The minimum Gasteiger partial charge on any atom is -0.475 e. The van der Waals surface area contributed by atoms with E-state index >= 15 is 0 Å². The fourth-order valence-electron chi connectivity index (χ4n) is 2.50. The van der Waals surface area contributed by atoms with Gasteiger partial charge in [0.05, 0.1) is 12.2 Å². The average Bonchev–Trinajstić information content (AvgIpc) is 2.55. The molecule has 4 nitrogen and oxygen atoms in total. The third-order valence-electron chi connectivity index (χ3n) is 3.58. The first-order valence-corrected chi connectivity index (χ1v) is 8.01. The number of alkyl halides is 6. The van der Waals surface area contributed by atoms with Gasteiger partial charge in [0.15, 0.2) is 0 Å². The van der Waals surface area contributed by atoms with Crippen LogP contribution in [0, 0.1) is 0 Å². The van der Waals surface area contributed by atoms with E-state index in [4.69, 9.17) is 9.47 Å². The van der Waals surface area contributed by atoms with E-state index in [1.807, 2.05) is 0 Å². The summed E-state index contributed by atoms with van der Waals surface area (Å²) < 4.78 is 91.1. The Morgan fingerprint density at radius 2 is 1.81 bits per heavy atom. The van der Waals surface area contributed by atoms with Crippen LogP contribution in [0.5, 0.6) is 11.5 Å². The second kappa shape index (κ2) is 7.69. The maximum absolute atomic E-state index is 13.4. The van der Waals surface area contributed by atoms with Gasteiger partial charge in [-0.2, -0.15) is 13.2 Å². The maximum atomic E-state index is 13.4. The zero-order valence-electron chi connectivity index (χ0n) is 14.3. The van der Waals surface area contributed by atoms with E-state index in [-0.39, 0.29) is 29.9 Å². The Bertz CT molecular complexity index is 736. The van der Waals surface area contributed by atoms with Crippen LogP contribution >= 0.6 is 0 Å². The number of carbonyl (C=O) groups excluding carboxylic acids is 1. The van der Waals surface area contributed by atoms with Crippen LogP contribution in [0.4, 0.5) is 26.3 Å². The second-order valence-corrected chi connectivity index (χ2v) is 5.68. The van der Waals surface area contributed by atoms with E-state index in [1.54, 1.807) is 6.92 Å². The summed E-state index contributed by atoms with van der Waals surface area (Å²) in [4.78, 5) is 12.0. The molecule has 1 unspecified atom stereocenters. The normalized spacial score (nSPS) is 16.9. The smallest absolute Gasteiger partial charge is 0.475 e. The van der Waals surface area contributed by atoms with Gasteiger partial charge in [0.25, 0.3) is 0 Å². The molecule has 0 aliphatic carbocycles. The van der Waals surface area contributed by atoms with Gasteiger partial charge in [-0.05, 0) is 36.6 Å². The molecule has 1 atom stereocenters. The van der Waals surface area contributed by atoms with Gasteiger partial charge in [-0.25, -0.2) is 4.79 Å². The van der Waals surface area contributed by atoms with Gasteiger partial charge in [-0.15, -0.1) is 13.2 Å². The first-order chi connectivity index (χ1) is 12.5. The highest BCUT2D eigenvalue weighted by molar-refractivity contribution is 5.96. The Morgan fingerprint density at radius 1 is 1.15 bits per heavy atom. The summed E-state index contributed by atoms with van der Waals surface area (Å²) in [6, 6.07) is 1.82. The molecular formula is C17H16F6O4. The number of ether oxygens (including phenoxy) is 3. The van der Waals surface area contributed by atoms with E-state index in [9.17, 15) is 31.1 Å². The second-order valence-electron chi connectivity index (χ2n) is 5.68. The Balaban J connectivity index is 2.54. The lowest BCUT2D eigenvalue weighted by Crippen LogP contribution is -2.41. The molecule has 1 aliphatic rings. The summed E-state index contributed by atoms with van der Waals surface area (Å²) in [5, 5.41) is 0. The molecular weight excluding hydrogens is 382 g/mol. The molecule has 0 amide bonds. The van der Waals surface area contributed by atoms with Gasteiger partial charge in [0.1, 0.15) is 11.5 Å². The van der Waals surface area contributed by atoms with Gasteiger partial charge in [0.2, 0.25) is 6.10 Å². The van der Waals surface area contributed by atoms with Crippen molar-refractivity contribution >= 4 is 12.0 Å². The molecule has 2 rings (SSSR count). The standard InChI is InChI=1S/C17H16F6O4/c1-3-5-25-15(24)12-8-10-7-11(27-17(21,22)23)6-9(4-2)13(10)26-14(12)16(18,19)20/h6-8,14H,3-5H2,1-2H3. The van der Waals surface area contributed by atoms with Crippen LogP contribution < -0.4 is 9.47 Å². The summed E-state index contributed by atoms with van der Waals surface area (Å²) in [5.41, 5.74) is -0.884. The Morgan fingerprint density at radius 3 is 2.33 bits per heavy atom. The van der Waals surface area contributed by atoms with Crippen LogP contribution in [0.3, 0.4) is 0 Å². The van der Waals surface area contributed by atoms with Crippen molar-refractivity contribution in [1.29, 1.82) is 0 Å². The van der Waals surface area contributed by atoms with Gasteiger partial charge in [-0.1, -0.05) is 13.8 Å². The maximum Gasteiger partial charge on any atom is 0.573 e. The highest BCUT2D eigenvalue weighted by Crippen LogP contribution is 2.42. The lowest BCUT2D eigenvalue weighted by Gasteiger charge is -2.29. The summed E-state index contributed by atoms with van der Waals surface area (Å²) in [6.45, 7) is 3.09. The number of halogens is 6. The SMILES string of the molecule is CCCOC(=O)C1=Cc2cc(OC(F)(F)F)cc(CC)c2OC1C(F)(F)F. The molecule has 0 saturated carbocycles. The molecule has 0 spiro atoms. The van der Waals surface area contributed by atoms with Crippen molar-refractivity contribution in [2.24, 2.45) is 0 Å². The summed E-state index contributed by atoms with van der Waals surface area (Å²) in [6.07, 6.45) is -11.2. The highest BCUT2D eigenvalue weighted by Gasteiger charge is 2.49. The summed E-state index contributed by atoms with van der Waals surface area (Å²) >= 11 is 0. The lowest BCUT2D eigenvalue weighted by molar-refractivity contribution is -0.274. The largest absolute Gasteiger partial charge is 0.573 e. The zero-order chi connectivity index (χ0) is 20.4. The van der Waals surface area contributed by atoms with Crippen LogP contribution in [-0.4, -0.2) is 31.2 Å². The van der Waals surface area contributed by atoms with Crippen LogP contribution in [-0.2, 0) is 16.0 Å². The fourth-order valence-corrected chi connectivity index (χ4v) is 2.50. The number of benzene rings is 1. The number of hydrogen-bond donors (Lipinski definition) is 0. The van der Waals surface area contributed by atoms with Crippen molar-refractivity contribution in [1.82, 2.24) is 0 Å². The van der Waals surface area contributed by atoms with E-state index in [2.05, 4.69) is 4.74 Å². The minimum atomic E-state index is -4.98. The molecule has 150 valence electrons. The first-order valence-electron chi connectivity index (χ1n) is 8.01. The van der Waals surface area contributed by atoms with Crippen LogP contribution in [0.2, 0.25) is 0 Å². The van der Waals surface area contributed by atoms with Gasteiger partial charge >= 0.3 is 18.5 Å². The lowest BCUT2D eigenvalue weighted by atomic mass is 9.97. The number of hydrogen-bond acceptors (Lipinski definition) is 4. The van der Waals surface area contributed by atoms with Gasteiger partial charge in [-0.3, -0.25) is 0 Å².